The van der Waals surface area contributed by atoms with Crippen molar-refractivity contribution < 1.29 is 17.9 Å². The molecule has 1 saturated heterocycles. The van der Waals surface area contributed by atoms with Crippen molar-refractivity contribution in [3.8, 4) is 0 Å². The maximum absolute atomic E-state index is 12.5. The molecule has 0 unspecified atom stereocenters. The summed E-state index contributed by atoms with van der Waals surface area (Å²) < 4.78 is 31.4. The number of carbonyl (C=O) groups is 1. The first kappa shape index (κ1) is 19.9. The number of nitrogens with one attached hydrogen (secondary N) is 1. The van der Waals surface area contributed by atoms with Crippen LogP contribution in [-0.4, -0.2) is 57.7 Å². The summed E-state index contributed by atoms with van der Waals surface area (Å²) in [7, 11) is -1.65. The lowest BCUT2D eigenvalue weighted by Crippen LogP contribution is -2.44. The molecule has 1 N–H and O–H groups in total. The Labute approximate surface area is 150 Å². The predicted molar refractivity (Wildman–Crippen MR) is 97.7 cm³/mol. The van der Waals surface area contributed by atoms with Crippen LogP contribution in [0.3, 0.4) is 0 Å². The molecule has 0 aromatic heterocycles. The second-order valence-electron chi connectivity index (χ2n) is 6.36. The van der Waals surface area contributed by atoms with Gasteiger partial charge in [-0.1, -0.05) is 30.3 Å². The Morgan fingerprint density at radius 3 is 2.56 bits per heavy atom. The van der Waals surface area contributed by atoms with Crippen LogP contribution in [0.5, 0.6) is 0 Å². The van der Waals surface area contributed by atoms with Crippen LogP contribution in [0.2, 0.25) is 0 Å². The molecule has 1 aliphatic rings. The number of benzene rings is 1. The molecule has 1 aromatic rings. The van der Waals surface area contributed by atoms with Crippen LogP contribution < -0.4 is 5.32 Å². The van der Waals surface area contributed by atoms with E-state index in [2.05, 4.69) is 5.32 Å². The van der Waals surface area contributed by atoms with E-state index in [1.807, 2.05) is 30.3 Å². The molecule has 0 atom stereocenters. The van der Waals surface area contributed by atoms with Gasteiger partial charge in [0.15, 0.2) is 0 Å². The van der Waals surface area contributed by atoms with Crippen molar-refractivity contribution in [2.24, 2.45) is 5.92 Å². The van der Waals surface area contributed by atoms with Crippen molar-refractivity contribution in [2.45, 2.75) is 25.7 Å². The minimum absolute atomic E-state index is 0.00169. The summed E-state index contributed by atoms with van der Waals surface area (Å²) in [5.41, 5.74) is 1.16. The molecule has 0 spiro atoms. The van der Waals surface area contributed by atoms with Crippen molar-refractivity contribution in [1.82, 2.24) is 9.62 Å². The van der Waals surface area contributed by atoms with E-state index in [9.17, 15) is 13.2 Å². The predicted octanol–water partition coefficient (Wildman–Crippen LogP) is 1.42. The van der Waals surface area contributed by atoms with Crippen LogP contribution in [0.1, 0.15) is 24.8 Å². The molecule has 1 aliphatic heterocycles. The molecule has 0 radical (unpaired) electrons. The summed E-state index contributed by atoms with van der Waals surface area (Å²) in [5.74, 6) is 0.0536. The summed E-state index contributed by atoms with van der Waals surface area (Å²) in [6.45, 7) is 1.83. The quantitative estimate of drug-likeness (QED) is 0.669. The first-order valence-corrected chi connectivity index (χ1v) is 10.4. The van der Waals surface area contributed by atoms with E-state index in [4.69, 9.17) is 4.74 Å². The third-order valence-corrected chi connectivity index (χ3v) is 6.49. The zero-order valence-corrected chi connectivity index (χ0v) is 15.6. The van der Waals surface area contributed by atoms with E-state index < -0.39 is 10.0 Å². The molecule has 1 fully saturated rings. The van der Waals surface area contributed by atoms with Crippen LogP contribution in [-0.2, 0) is 26.0 Å². The molecule has 6 nitrogen and oxygen atoms in total. The number of rotatable bonds is 9. The van der Waals surface area contributed by atoms with Crippen LogP contribution in [0, 0.1) is 5.92 Å². The molecule has 7 heteroatoms. The Kier molecular flexibility index (Phi) is 7.87. The Morgan fingerprint density at radius 2 is 1.92 bits per heavy atom. The second-order valence-corrected chi connectivity index (χ2v) is 8.45. The van der Waals surface area contributed by atoms with E-state index in [0.717, 1.165) is 12.0 Å². The number of aryl methyl sites for hydroxylation is 1. The molecular weight excluding hydrogens is 340 g/mol. The zero-order valence-electron chi connectivity index (χ0n) is 14.8. The van der Waals surface area contributed by atoms with E-state index in [0.29, 0.717) is 45.5 Å². The maximum atomic E-state index is 12.5. The smallest absolute Gasteiger partial charge is 0.223 e. The number of amides is 1. The van der Waals surface area contributed by atoms with Gasteiger partial charge in [0.1, 0.15) is 0 Å². The summed E-state index contributed by atoms with van der Waals surface area (Å²) in [6.07, 6.45) is 2.54. The van der Waals surface area contributed by atoms with Crippen LogP contribution >= 0.6 is 0 Å². The van der Waals surface area contributed by atoms with Gasteiger partial charge in [0.05, 0.1) is 12.4 Å². The summed E-state index contributed by atoms with van der Waals surface area (Å²) in [4.78, 5) is 12.0. The number of sulfonamides is 1. The van der Waals surface area contributed by atoms with Gasteiger partial charge >= 0.3 is 0 Å². The minimum Gasteiger partial charge on any atom is -0.383 e. The summed E-state index contributed by atoms with van der Waals surface area (Å²) in [5, 5.41) is 2.83. The van der Waals surface area contributed by atoms with Crippen molar-refractivity contribution in [2.75, 3.05) is 39.1 Å². The summed E-state index contributed by atoms with van der Waals surface area (Å²) in [6, 6.07) is 9.91. The number of hydrogen-bond acceptors (Lipinski definition) is 4. The lowest BCUT2D eigenvalue weighted by Gasteiger charge is -2.30. The van der Waals surface area contributed by atoms with Crippen LogP contribution in [0.4, 0.5) is 0 Å². The Morgan fingerprint density at radius 1 is 1.24 bits per heavy atom. The average molecular weight is 368 g/mol. The van der Waals surface area contributed by atoms with Crippen LogP contribution in [0.15, 0.2) is 30.3 Å². The second kappa shape index (κ2) is 9.89. The molecule has 1 aromatic carbocycles. The van der Waals surface area contributed by atoms with Crippen molar-refractivity contribution in [3.63, 3.8) is 0 Å². The van der Waals surface area contributed by atoms with Crippen molar-refractivity contribution >= 4 is 15.9 Å². The number of methoxy groups -OCH3 is 1. The number of nitrogens with zero attached hydrogens (tertiary/aromatic N) is 1. The third kappa shape index (κ3) is 6.41. The van der Waals surface area contributed by atoms with Gasteiger partial charge in [0.2, 0.25) is 15.9 Å². The maximum Gasteiger partial charge on any atom is 0.223 e. The third-order valence-electron chi connectivity index (χ3n) is 4.53. The molecular formula is C18H28N2O4S. The van der Waals surface area contributed by atoms with Gasteiger partial charge < -0.3 is 10.1 Å². The SMILES string of the molecule is COCCNC(=O)C1CCN(S(=O)(=O)CCCc2ccccc2)CC1. The first-order valence-electron chi connectivity index (χ1n) is 8.81. The highest BCUT2D eigenvalue weighted by Gasteiger charge is 2.30. The molecule has 0 saturated carbocycles. The molecule has 25 heavy (non-hydrogen) atoms. The molecule has 1 amide bonds. The van der Waals surface area contributed by atoms with Crippen LogP contribution in [0.25, 0.3) is 0 Å². The van der Waals surface area contributed by atoms with E-state index in [-0.39, 0.29) is 17.6 Å². The first-order chi connectivity index (χ1) is 12.0. The van der Waals surface area contributed by atoms with E-state index in [1.54, 1.807) is 7.11 Å². The number of piperidine rings is 1. The molecule has 2 rings (SSSR count). The number of ether oxygens (including phenoxy) is 1. The standard InChI is InChI=1S/C18H28N2O4S/c1-24-14-11-19-18(21)17-9-12-20(13-10-17)25(22,23)15-5-8-16-6-3-2-4-7-16/h2-4,6-7,17H,5,8-15H2,1H3,(H,19,21). The fourth-order valence-electron chi connectivity index (χ4n) is 3.05. The lowest BCUT2D eigenvalue weighted by molar-refractivity contribution is -0.126. The number of carbonyl (C=O) groups excluding carboxylic acids is 1. The van der Waals surface area contributed by atoms with Crippen molar-refractivity contribution in [3.05, 3.63) is 35.9 Å². The number of hydrogen-bond donors (Lipinski definition) is 1. The van der Waals surface area contributed by atoms with E-state index in [1.165, 1.54) is 4.31 Å². The Bertz CT molecular complexity index is 626. The Balaban J connectivity index is 1.73. The summed E-state index contributed by atoms with van der Waals surface area (Å²) >= 11 is 0. The highest BCUT2D eigenvalue weighted by molar-refractivity contribution is 7.89. The highest BCUT2D eigenvalue weighted by Crippen LogP contribution is 2.20. The average Bonchev–Trinajstić information content (AvgIpc) is 2.63. The van der Waals surface area contributed by atoms with Gasteiger partial charge in [-0.3, -0.25) is 4.79 Å². The largest absolute Gasteiger partial charge is 0.383 e. The molecule has 0 aliphatic carbocycles. The van der Waals surface area contributed by atoms with Gasteiger partial charge in [0, 0.05) is 32.7 Å². The molecule has 0 bridgehead atoms. The van der Waals surface area contributed by atoms with E-state index >= 15 is 0 Å². The molecule has 140 valence electrons. The van der Waals surface area contributed by atoms with Gasteiger partial charge in [-0.05, 0) is 31.2 Å². The Hall–Kier alpha value is -1.44. The fraction of sp³-hybridized carbons (Fsp3) is 0.611. The van der Waals surface area contributed by atoms with Gasteiger partial charge in [-0.2, -0.15) is 0 Å². The normalized spacial score (nSPS) is 16.7. The lowest BCUT2D eigenvalue weighted by atomic mass is 9.97. The fourth-order valence-corrected chi connectivity index (χ4v) is 4.58. The van der Waals surface area contributed by atoms with Gasteiger partial charge in [-0.15, -0.1) is 0 Å². The van der Waals surface area contributed by atoms with Gasteiger partial charge in [-0.25, -0.2) is 12.7 Å². The molecule has 1 heterocycles. The zero-order chi connectivity index (χ0) is 18.1. The monoisotopic (exact) mass is 368 g/mol. The van der Waals surface area contributed by atoms with Gasteiger partial charge in [0.25, 0.3) is 0 Å². The topological polar surface area (TPSA) is 75.7 Å². The highest BCUT2D eigenvalue weighted by atomic mass is 32.2. The van der Waals surface area contributed by atoms with Crippen molar-refractivity contribution in [1.29, 1.82) is 0 Å². The minimum atomic E-state index is -3.24.